The van der Waals surface area contributed by atoms with Gasteiger partial charge in [0.25, 0.3) is 0 Å². The maximum absolute atomic E-state index is 12.1. The molecule has 5 nitrogen and oxygen atoms in total. The van der Waals surface area contributed by atoms with Crippen molar-refractivity contribution in [1.82, 2.24) is 10.3 Å². The standard InChI is InChI=1S/C20H25N3O2/c1-5-15-7-6-8-16(9-15)17-10-18(20(14(4)24)22-11-17)23-19(25)12-21-13(2)3/h6-11,13,21H,5,12H2,1-4H3,(H,23,25). The van der Waals surface area contributed by atoms with Gasteiger partial charge in [0.2, 0.25) is 5.91 Å². The minimum Gasteiger partial charge on any atom is -0.323 e. The number of aryl methyl sites for hydroxylation is 1. The molecule has 0 aliphatic rings. The molecular weight excluding hydrogens is 314 g/mol. The number of carbonyl (C=O) groups is 2. The number of carbonyl (C=O) groups excluding carboxylic acids is 2. The lowest BCUT2D eigenvalue weighted by atomic mass is 10.0. The van der Waals surface area contributed by atoms with Crippen LogP contribution in [0, 0.1) is 0 Å². The van der Waals surface area contributed by atoms with E-state index >= 15 is 0 Å². The van der Waals surface area contributed by atoms with Gasteiger partial charge in [-0.1, -0.05) is 45.0 Å². The highest BCUT2D eigenvalue weighted by Gasteiger charge is 2.14. The third-order valence-electron chi connectivity index (χ3n) is 3.83. The van der Waals surface area contributed by atoms with Gasteiger partial charge in [-0.25, -0.2) is 0 Å². The molecule has 5 heteroatoms. The molecule has 1 aromatic carbocycles. The molecule has 0 radical (unpaired) electrons. The molecule has 0 atom stereocenters. The Bertz CT molecular complexity index is 769. The van der Waals surface area contributed by atoms with Crippen LogP contribution in [0.25, 0.3) is 11.1 Å². The lowest BCUT2D eigenvalue weighted by Crippen LogP contribution is -2.33. The van der Waals surface area contributed by atoms with Gasteiger partial charge in [0.05, 0.1) is 12.2 Å². The number of benzene rings is 1. The highest BCUT2D eigenvalue weighted by Crippen LogP contribution is 2.25. The molecule has 0 bridgehead atoms. The van der Waals surface area contributed by atoms with Crippen molar-refractivity contribution in [3.8, 4) is 11.1 Å². The Hall–Kier alpha value is -2.53. The van der Waals surface area contributed by atoms with E-state index in [0.717, 1.165) is 17.5 Å². The fraction of sp³-hybridized carbons (Fsp3) is 0.350. The van der Waals surface area contributed by atoms with E-state index in [0.29, 0.717) is 5.69 Å². The molecule has 2 N–H and O–H groups in total. The molecule has 0 unspecified atom stereocenters. The number of hydrogen-bond acceptors (Lipinski definition) is 4. The van der Waals surface area contributed by atoms with Gasteiger partial charge in [0.1, 0.15) is 5.69 Å². The number of amides is 1. The molecular formula is C20H25N3O2. The normalized spacial score (nSPS) is 10.8. The van der Waals surface area contributed by atoms with Crippen LogP contribution in [-0.2, 0) is 11.2 Å². The smallest absolute Gasteiger partial charge is 0.238 e. The predicted octanol–water partition coefficient (Wildman–Crippen LogP) is 3.45. The molecule has 0 fully saturated rings. The fourth-order valence-electron chi connectivity index (χ4n) is 2.46. The second-order valence-corrected chi connectivity index (χ2v) is 6.31. The van der Waals surface area contributed by atoms with E-state index in [2.05, 4.69) is 34.7 Å². The van der Waals surface area contributed by atoms with E-state index in [9.17, 15) is 9.59 Å². The summed E-state index contributed by atoms with van der Waals surface area (Å²) in [6, 6.07) is 10.2. The Labute approximate surface area is 148 Å². The molecule has 2 aromatic rings. The van der Waals surface area contributed by atoms with E-state index in [4.69, 9.17) is 0 Å². The molecule has 0 spiro atoms. The highest BCUT2D eigenvalue weighted by molar-refractivity contribution is 6.03. The fourth-order valence-corrected chi connectivity index (χ4v) is 2.46. The van der Waals surface area contributed by atoms with Crippen LogP contribution in [0.1, 0.15) is 43.7 Å². The van der Waals surface area contributed by atoms with E-state index in [-0.39, 0.29) is 30.0 Å². The summed E-state index contributed by atoms with van der Waals surface area (Å²) in [5.74, 6) is -0.376. The zero-order valence-corrected chi connectivity index (χ0v) is 15.2. The quantitative estimate of drug-likeness (QED) is 0.758. The molecule has 1 amide bonds. The predicted molar refractivity (Wildman–Crippen MR) is 101 cm³/mol. The summed E-state index contributed by atoms with van der Waals surface area (Å²) < 4.78 is 0. The lowest BCUT2D eigenvalue weighted by Gasteiger charge is -2.13. The maximum Gasteiger partial charge on any atom is 0.238 e. The van der Waals surface area contributed by atoms with Crippen molar-refractivity contribution in [3.63, 3.8) is 0 Å². The number of aromatic nitrogens is 1. The SMILES string of the molecule is CCc1cccc(-c2cnc(C(C)=O)c(NC(=O)CNC(C)C)c2)c1. The van der Waals surface area contributed by atoms with E-state index in [1.54, 1.807) is 6.20 Å². The van der Waals surface area contributed by atoms with Crippen molar-refractivity contribution in [3.05, 3.63) is 47.8 Å². The number of anilines is 1. The Morgan fingerprint density at radius 1 is 1.16 bits per heavy atom. The summed E-state index contributed by atoms with van der Waals surface area (Å²) in [7, 11) is 0. The van der Waals surface area contributed by atoms with Crippen LogP contribution >= 0.6 is 0 Å². The van der Waals surface area contributed by atoms with Crippen molar-refractivity contribution in [2.45, 2.75) is 40.2 Å². The van der Waals surface area contributed by atoms with Crippen LogP contribution < -0.4 is 10.6 Å². The summed E-state index contributed by atoms with van der Waals surface area (Å²) in [5.41, 5.74) is 3.82. The highest BCUT2D eigenvalue weighted by atomic mass is 16.2. The monoisotopic (exact) mass is 339 g/mol. The molecule has 1 aromatic heterocycles. The summed E-state index contributed by atoms with van der Waals surface area (Å²) in [5, 5.41) is 5.86. The second kappa shape index (κ2) is 8.53. The van der Waals surface area contributed by atoms with E-state index in [1.807, 2.05) is 32.0 Å². The molecule has 0 saturated heterocycles. The molecule has 1 heterocycles. The first-order valence-electron chi connectivity index (χ1n) is 8.54. The molecule has 2 rings (SSSR count). The van der Waals surface area contributed by atoms with Crippen molar-refractivity contribution in [2.75, 3.05) is 11.9 Å². The number of nitrogens with one attached hydrogen (secondary N) is 2. The van der Waals surface area contributed by atoms with E-state index in [1.165, 1.54) is 12.5 Å². The Morgan fingerprint density at radius 3 is 2.56 bits per heavy atom. The van der Waals surface area contributed by atoms with Crippen LogP contribution in [0.2, 0.25) is 0 Å². The molecule has 0 saturated carbocycles. The van der Waals surface area contributed by atoms with Gasteiger partial charge in [-0.15, -0.1) is 0 Å². The van der Waals surface area contributed by atoms with Crippen molar-refractivity contribution < 1.29 is 9.59 Å². The average molecular weight is 339 g/mol. The van der Waals surface area contributed by atoms with Gasteiger partial charge in [-0.05, 0) is 23.6 Å². The Morgan fingerprint density at radius 2 is 1.92 bits per heavy atom. The van der Waals surface area contributed by atoms with Gasteiger partial charge >= 0.3 is 0 Å². The van der Waals surface area contributed by atoms with Crippen LogP contribution in [0.3, 0.4) is 0 Å². The Kier molecular flexibility index (Phi) is 6.42. The Balaban J connectivity index is 2.32. The van der Waals surface area contributed by atoms with Crippen LogP contribution in [0.4, 0.5) is 5.69 Å². The first-order chi connectivity index (χ1) is 11.9. The van der Waals surface area contributed by atoms with Crippen LogP contribution in [-0.4, -0.2) is 29.3 Å². The first-order valence-corrected chi connectivity index (χ1v) is 8.54. The third-order valence-corrected chi connectivity index (χ3v) is 3.83. The van der Waals surface area contributed by atoms with Crippen molar-refractivity contribution in [2.24, 2.45) is 0 Å². The average Bonchev–Trinajstić information content (AvgIpc) is 2.59. The number of pyridine rings is 1. The lowest BCUT2D eigenvalue weighted by molar-refractivity contribution is -0.115. The number of rotatable bonds is 7. The topological polar surface area (TPSA) is 71.1 Å². The van der Waals surface area contributed by atoms with Gasteiger partial charge in [0, 0.05) is 24.7 Å². The zero-order chi connectivity index (χ0) is 18.4. The van der Waals surface area contributed by atoms with Crippen molar-refractivity contribution in [1.29, 1.82) is 0 Å². The summed E-state index contributed by atoms with van der Waals surface area (Å²) in [4.78, 5) is 28.2. The van der Waals surface area contributed by atoms with Gasteiger partial charge in [0.15, 0.2) is 5.78 Å². The minimum absolute atomic E-state index is 0.180. The van der Waals surface area contributed by atoms with Gasteiger partial charge in [-0.2, -0.15) is 0 Å². The molecule has 0 aliphatic carbocycles. The molecule has 132 valence electrons. The number of Topliss-reactive ketones (excluding diaryl/α,β-unsaturated/α-hetero) is 1. The van der Waals surface area contributed by atoms with Crippen molar-refractivity contribution >= 4 is 17.4 Å². The summed E-state index contributed by atoms with van der Waals surface area (Å²) >= 11 is 0. The second-order valence-electron chi connectivity index (χ2n) is 6.31. The van der Waals surface area contributed by atoms with Gasteiger partial charge < -0.3 is 10.6 Å². The summed E-state index contributed by atoms with van der Waals surface area (Å²) in [6.45, 7) is 7.67. The van der Waals surface area contributed by atoms with Crippen LogP contribution in [0.5, 0.6) is 0 Å². The minimum atomic E-state index is -0.197. The van der Waals surface area contributed by atoms with E-state index < -0.39 is 0 Å². The van der Waals surface area contributed by atoms with Gasteiger partial charge in [-0.3, -0.25) is 14.6 Å². The molecule has 0 aliphatic heterocycles. The maximum atomic E-state index is 12.1. The molecule has 25 heavy (non-hydrogen) atoms. The largest absolute Gasteiger partial charge is 0.323 e. The number of nitrogens with zero attached hydrogens (tertiary/aromatic N) is 1. The zero-order valence-electron chi connectivity index (χ0n) is 15.2. The first kappa shape index (κ1) is 18.8. The third kappa shape index (κ3) is 5.22. The summed E-state index contributed by atoms with van der Waals surface area (Å²) in [6.07, 6.45) is 2.62. The van der Waals surface area contributed by atoms with Crippen LogP contribution in [0.15, 0.2) is 36.5 Å². The number of ketones is 1. The number of hydrogen-bond donors (Lipinski definition) is 2.